The molecule has 0 bridgehead atoms. The second-order valence-electron chi connectivity index (χ2n) is 5.60. The number of Topliss-reactive ketones (excluding diaryl/α,β-unsaturated/α-hetero) is 1. The van der Waals surface area contributed by atoms with Gasteiger partial charge in [0.15, 0.2) is 11.6 Å². The first-order valence-corrected chi connectivity index (χ1v) is 7.49. The van der Waals surface area contributed by atoms with Gasteiger partial charge in [0, 0.05) is 16.7 Å². The van der Waals surface area contributed by atoms with Crippen molar-refractivity contribution in [3.8, 4) is 0 Å². The standard InChI is InChI=1S/C19H13F3O3/c20-19(21,22)14-7-5-12(6-8-14)10-25-11-13-9-17(23)15-3-1-2-4-16(15)18(13)24/h1-9H,10-11H2. The fraction of sp³-hybridized carbons (Fsp3) is 0.158. The maximum atomic E-state index is 12.5. The maximum Gasteiger partial charge on any atom is 0.416 e. The molecule has 25 heavy (non-hydrogen) atoms. The van der Waals surface area contributed by atoms with Crippen LogP contribution in [0.5, 0.6) is 0 Å². The van der Waals surface area contributed by atoms with Crippen LogP contribution in [0, 0.1) is 0 Å². The molecule has 1 aliphatic carbocycles. The van der Waals surface area contributed by atoms with Gasteiger partial charge in [0.1, 0.15) is 0 Å². The molecule has 0 aliphatic heterocycles. The van der Waals surface area contributed by atoms with Gasteiger partial charge in [-0.25, -0.2) is 0 Å². The predicted octanol–water partition coefficient (Wildman–Crippen LogP) is 4.23. The molecule has 0 fully saturated rings. The minimum absolute atomic E-state index is 0.0403. The number of halogens is 3. The average molecular weight is 346 g/mol. The van der Waals surface area contributed by atoms with Crippen LogP contribution in [-0.2, 0) is 17.5 Å². The molecule has 0 atom stereocenters. The molecular weight excluding hydrogens is 333 g/mol. The number of allylic oxidation sites excluding steroid dienone is 1. The highest BCUT2D eigenvalue weighted by Gasteiger charge is 2.30. The summed E-state index contributed by atoms with van der Waals surface area (Å²) in [5, 5.41) is 0. The Hall–Kier alpha value is -2.73. The lowest BCUT2D eigenvalue weighted by Crippen LogP contribution is -2.19. The number of benzene rings is 2. The Kier molecular flexibility index (Phi) is 4.55. The van der Waals surface area contributed by atoms with Gasteiger partial charge in [0.05, 0.1) is 18.8 Å². The van der Waals surface area contributed by atoms with Crippen LogP contribution in [-0.4, -0.2) is 18.2 Å². The number of carbonyl (C=O) groups is 2. The van der Waals surface area contributed by atoms with Crippen molar-refractivity contribution in [1.29, 1.82) is 0 Å². The van der Waals surface area contributed by atoms with E-state index in [-0.39, 0.29) is 30.4 Å². The molecule has 0 saturated heterocycles. The highest BCUT2D eigenvalue weighted by Crippen LogP contribution is 2.29. The van der Waals surface area contributed by atoms with Gasteiger partial charge in [-0.05, 0) is 23.8 Å². The Morgan fingerprint density at radius 3 is 2.12 bits per heavy atom. The number of carbonyl (C=O) groups excluding carboxylic acids is 2. The zero-order valence-corrected chi connectivity index (χ0v) is 13.0. The minimum Gasteiger partial charge on any atom is -0.372 e. The summed E-state index contributed by atoms with van der Waals surface area (Å²) < 4.78 is 42.9. The quantitative estimate of drug-likeness (QED) is 0.832. The summed E-state index contributed by atoms with van der Waals surface area (Å²) in [6, 6.07) is 11.1. The van der Waals surface area contributed by atoms with E-state index < -0.39 is 11.7 Å². The van der Waals surface area contributed by atoms with Crippen molar-refractivity contribution in [2.24, 2.45) is 0 Å². The van der Waals surface area contributed by atoms with Gasteiger partial charge in [-0.1, -0.05) is 36.4 Å². The summed E-state index contributed by atoms with van der Waals surface area (Å²) in [5.41, 5.74) is 0.741. The second-order valence-corrected chi connectivity index (χ2v) is 5.60. The Morgan fingerprint density at radius 1 is 0.840 bits per heavy atom. The molecule has 0 radical (unpaired) electrons. The smallest absolute Gasteiger partial charge is 0.372 e. The zero-order chi connectivity index (χ0) is 18.0. The molecule has 3 rings (SSSR count). The second kappa shape index (κ2) is 6.64. The summed E-state index contributed by atoms with van der Waals surface area (Å²) in [4.78, 5) is 24.3. The molecule has 6 heteroatoms. The van der Waals surface area contributed by atoms with E-state index in [2.05, 4.69) is 0 Å². The minimum atomic E-state index is -4.38. The summed E-state index contributed by atoms with van der Waals surface area (Å²) >= 11 is 0. The van der Waals surface area contributed by atoms with E-state index in [4.69, 9.17) is 4.74 Å². The van der Waals surface area contributed by atoms with Gasteiger partial charge in [0.25, 0.3) is 0 Å². The monoisotopic (exact) mass is 346 g/mol. The SMILES string of the molecule is O=C1C=C(COCc2ccc(C(F)(F)F)cc2)C(=O)c2ccccc21. The molecule has 0 unspecified atom stereocenters. The van der Waals surface area contributed by atoms with E-state index in [1.54, 1.807) is 24.3 Å². The first-order chi connectivity index (χ1) is 11.9. The first kappa shape index (κ1) is 17.1. The number of hydrogen-bond donors (Lipinski definition) is 0. The van der Waals surface area contributed by atoms with Crippen molar-refractivity contribution in [3.05, 3.63) is 82.4 Å². The third-order valence-electron chi connectivity index (χ3n) is 3.84. The number of alkyl halides is 3. The lowest BCUT2D eigenvalue weighted by molar-refractivity contribution is -0.137. The van der Waals surface area contributed by atoms with E-state index in [1.165, 1.54) is 18.2 Å². The van der Waals surface area contributed by atoms with Crippen LogP contribution in [0.2, 0.25) is 0 Å². The van der Waals surface area contributed by atoms with Crippen molar-refractivity contribution in [1.82, 2.24) is 0 Å². The summed E-state index contributed by atoms with van der Waals surface area (Å²) in [7, 11) is 0. The van der Waals surface area contributed by atoms with Crippen LogP contribution in [0.15, 0.2) is 60.2 Å². The molecule has 2 aromatic rings. The van der Waals surface area contributed by atoms with Crippen molar-refractivity contribution < 1.29 is 27.5 Å². The first-order valence-electron chi connectivity index (χ1n) is 7.49. The van der Waals surface area contributed by atoms with Gasteiger partial charge in [0.2, 0.25) is 0 Å². The Bertz CT molecular complexity index is 849. The van der Waals surface area contributed by atoms with Gasteiger partial charge in [-0.15, -0.1) is 0 Å². The highest BCUT2D eigenvalue weighted by molar-refractivity contribution is 6.24. The molecular formula is C19H13F3O3. The summed E-state index contributed by atoms with van der Waals surface area (Å²) in [6.45, 7) is -0.0431. The summed E-state index contributed by atoms with van der Waals surface area (Å²) in [6.07, 6.45) is -3.14. The van der Waals surface area contributed by atoms with E-state index in [9.17, 15) is 22.8 Å². The average Bonchev–Trinajstić information content (AvgIpc) is 2.59. The molecule has 0 heterocycles. The molecule has 0 spiro atoms. The van der Waals surface area contributed by atoms with E-state index in [0.29, 0.717) is 16.7 Å². The largest absolute Gasteiger partial charge is 0.416 e. The highest BCUT2D eigenvalue weighted by atomic mass is 19.4. The number of ketones is 2. The molecule has 0 saturated carbocycles. The Morgan fingerprint density at radius 2 is 1.48 bits per heavy atom. The van der Waals surface area contributed by atoms with Gasteiger partial charge < -0.3 is 4.74 Å². The lowest BCUT2D eigenvalue weighted by atomic mass is 9.90. The topological polar surface area (TPSA) is 43.4 Å². The molecule has 0 aromatic heterocycles. The molecule has 128 valence electrons. The molecule has 0 N–H and O–H groups in total. The lowest BCUT2D eigenvalue weighted by Gasteiger charge is -2.15. The number of ether oxygens (including phenoxy) is 1. The van der Waals surface area contributed by atoms with Crippen molar-refractivity contribution >= 4 is 11.6 Å². The Labute approximate surface area is 141 Å². The van der Waals surface area contributed by atoms with E-state index >= 15 is 0 Å². The molecule has 1 aliphatic rings. The van der Waals surface area contributed by atoms with Crippen LogP contribution in [0.25, 0.3) is 0 Å². The summed E-state index contributed by atoms with van der Waals surface area (Å²) in [5.74, 6) is -0.536. The van der Waals surface area contributed by atoms with Crippen LogP contribution < -0.4 is 0 Å². The van der Waals surface area contributed by atoms with Crippen molar-refractivity contribution in [2.45, 2.75) is 12.8 Å². The normalized spacial score (nSPS) is 14.3. The fourth-order valence-electron chi connectivity index (χ4n) is 2.55. The van der Waals surface area contributed by atoms with Crippen molar-refractivity contribution in [3.63, 3.8) is 0 Å². The van der Waals surface area contributed by atoms with E-state index in [0.717, 1.165) is 12.1 Å². The molecule has 0 amide bonds. The van der Waals surface area contributed by atoms with Crippen LogP contribution in [0.3, 0.4) is 0 Å². The van der Waals surface area contributed by atoms with Gasteiger partial charge >= 0.3 is 6.18 Å². The Balaban J connectivity index is 1.63. The fourth-order valence-corrected chi connectivity index (χ4v) is 2.55. The van der Waals surface area contributed by atoms with Crippen LogP contribution >= 0.6 is 0 Å². The van der Waals surface area contributed by atoms with Gasteiger partial charge in [-0.3, -0.25) is 9.59 Å². The number of hydrogen-bond acceptors (Lipinski definition) is 3. The van der Waals surface area contributed by atoms with E-state index in [1.807, 2.05) is 0 Å². The van der Waals surface area contributed by atoms with Crippen LogP contribution in [0.1, 0.15) is 31.8 Å². The number of rotatable bonds is 4. The predicted molar refractivity (Wildman–Crippen MR) is 84.3 cm³/mol. The third-order valence-corrected chi connectivity index (χ3v) is 3.84. The third kappa shape index (κ3) is 3.69. The zero-order valence-electron chi connectivity index (χ0n) is 13.0. The van der Waals surface area contributed by atoms with Crippen LogP contribution in [0.4, 0.5) is 13.2 Å². The van der Waals surface area contributed by atoms with Crippen molar-refractivity contribution in [2.75, 3.05) is 6.61 Å². The molecule has 2 aromatic carbocycles. The van der Waals surface area contributed by atoms with Gasteiger partial charge in [-0.2, -0.15) is 13.2 Å². The number of fused-ring (bicyclic) bond motifs is 1. The maximum absolute atomic E-state index is 12.5. The molecule has 3 nitrogen and oxygen atoms in total.